The third-order valence-electron chi connectivity index (χ3n) is 6.15. The molecule has 3 heterocycles. The van der Waals surface area contributed by atoms with Crippen molar-refractivity contribution in [2.45, 2.75) is 51.8 Å². The number of hydrogen-bond acceptors (Lipinski definition) is 5. The Balaban J connectivity index is 1.40. The molecule has 9 heteroatoms. The normalized spacial score (nSPS) is 15.7. The fourth-order valence-corrected chi connectivity index (χ4v) is 4.80. The minimum Gasteiger partial charge on any atom is -0.494 e. The van der Waals surface area contributed by atoms with Gasteiger partial charge in [-0.15, -0.1) is 0 Å². The Morgan fingerprint density at radius 1 is 1.14 bits per heavy atom. The summed E-state index contributed by atoms with van der Waals surface area (Å²) >= 11 is 6.30. The van der Waals surface area contributed by atoms with Crippen LogP contribution in [0.2, 0.25) is 5.02 Å². The maximum Gasteiger partial charge on any atom is 0.411 e. The Labute approximate surface area is 215 Å². The zero-order valence-electron chi connectivity index (χ0n) is 20.7. The van der Waals surface area contributed by atoms with Gasteiger partial charge in [-0.2, -0.15) is 15.0 Å². The van der Waals surface area contributed by atoms with Gasteiger partial charge in [0.1, 0.15) is 17.4 Å². The van der Waals surface area contributed by atoms with E-state index < -0.39 is 5.60 Å². The molecule has 1 aliphatic heterocycles. The van der Waals surface area contributed by atoms with Gasteiger partial charge in [-0.3, -0.25) is 4.90 Å². The smallest absolute Gasteiger partial charge is 0.411 e. The quantitative estimate of drug-likeness (QED) is 0.335. The molecule has 2 aromatic heterocycles. The molecule has 0 saturated heterocycles. The highest BCUT2D eigenvalue weighted by Gasteiger charge is 2.36. The second-order valence-corrected chi connectivity index (χ2v) is 10.4. The Kier molecular flexibility index (Phi) is 6.62. The van der Waals surface area contributed by atoms with Gasteiger partial charge in [0.15, 0.2) is 0 Å². The number of fused-ring (bicyclic) bond motifs is 3. The number of amides is 1. The van der Waals surface area contributed by atoms with Gasteiger partial charge in [0.05, 0.1) is 25.5 Å². The number of nitrogens with one attached hydrogen (secondary N) is 1. The molecule has 0 spiro atoms. The maximum atomic E-state index is 13.2. The molecule has 5 rings (SSSR count). The summed E-state index contributed by atoms with van der Waals surface area (Å²) in [6.45, 7) is 7.45. The minimum atomic E-state index is -0.584. The molecule has 0 radical (unpaired) electrons. The largest absolute Gasteiger partial charge is 0.494 e. The van der Waals surface area contributed by atoms with Crippen LogP contribution in [0.1, 0.15) is 50.1 Å². The SMILES string of the molecule is CC(C)(C)OC(=O)N1CCc2c([nH]c3ccc(Cl)cc23)[C@@H]1c1ccc(OCCCn2nccn2)cc1. The second kappa shape index (κ2) is 9.85. The summed E-state index contributed by atoms with van der Waals surface area (Å²) in [5.41, 5.74) is 3.58. The lowest BCUT2D eigenvalue weighted by molar-refractivity contribution is 0.0175. The fourth-order valence-electron chi connectivity index (χ4n) is 4.63. The number of H-pyrrole nitrogens is 1. The molecule has 0 fully saturated rings. The molecule has 0 bridgehead atoms. The molecule has 188 valence electrons. The van der Waals surface area contributed by atoms with E-state index in [0.29, 0.717) is 24.7 Å². The van der Waals surface area contributed by atoms with Crippen LogP contribution in [0.3, 0.4) is 0 Å². The summed E-state index contributed by atoms with van der Waals surface area (Å²) < 4.78 is 11.7. The van der Waals surface area contributed by atoms with E-state index in [0.717, 1.165) is 40.8 Å². The number of carbonyl (C=O) groups excluding carboxylic acids is 1. The predicted molar refractivity (Wildman–Crippen MR) is 138 cm³/mol. The number of hydrogen-bond donors (Lipinski definition) is 1. The number of nitrogens with zero attached hydrogens (tertiary/aromatic N) is 4. The zero-order valence-corrected chi connectivity index (χ0v) is 21.5. The van der Waals surface area contributed by atoms with Crippen LogP contribution in [0.15, 0.2) is 54.9 Å². The molecule has 0 saturated carbocycles. The van der Waals surface area contributed by atoms with Crippen molar-refractivity contribution in [1.29, 1.82) is 0 Å². The number of halogens is 1. The van der Waals surface area contributed by atoms with Crippen molar-refractivity contribution in [1.82, 2.24) is 24.9 Å². The Bertz CT molecular complexity index is 1340. The van der Waals surface area contributed by atoms with Crippen LogP contribution in [-0.2, 0) is 17.7 Å². The first kappa shape index (κ1) is 24.2. The zero-order chi connectivity index (χ0) is 25.3. The van der Waals surface area contributed by atoms with E-state index in [1.54, 1.807) is 22.1 Å². The van der Waals surface area contributed by atoms with Gasteiger partial charge in [-0.1, -0.05) is 23.7 Å². The van der Waals surface area contributed by atoms with Crippen LogP contribution < -0.4 is 4.74 Å². The van der Waals surface area contributed by atoms with Gasteiger partial charge in [-0.25, -0.2) is 4.79 Å². The summed E-state index contributed by atoms with van der Waals surface area (Å²) in [4.78, 5) is 20.3. The number of ether oxygens (including phenoxy) is 2. The van der Waals surface area contributed by atoms with Crippen molar-refractivity contribution in [3.8, 4) is 5.75 Å². The van der Waals surface area contributed by atoms with Crippen molar-refractivity contribution in [3.63, 3.8) is 0 Å². The van der Waals surface area contributed by atoms with Gasteiger partial charge in [0.2, 0.25) is 0 Å². The lowest BCUT2D eigenvalue weighted by atomic mass is 9.92. The molecule has 2 aromatic carbocycles. The van der Waals surface area contributed by atoms with Gasteiger partial charge < -0.3 is 14.5 Å². The average molecular weight is 508 g/mol. The standard InChI is InChI=1S/C27H30ClN5O3/c1-27(2,3)36-26(34)32-15-11-21-22-17-19(28)7-10-23(22)31-24(21)25(32)18-5-8-20(9-6-18)35-16-4-14-33-29-12-13-30-33/h5-10,12-13,17,25,31H,4,11,14-16H2,1-3H3/t25-/m0/s1. The highest BCUT2D eigenvalue weighted by Crippen LogP contribution is 2.40. The molecule has 8 nitrogen and oxygen atoms in total. The van der Waals surface area contributed by atoms with E-state index in [9.17, 15) is 4.79 Å². The average Bonchev–Trinajstić information content (AvgIpc) is 3.48. The number of aryl methyl sites for hydroxylation is 1. The lowest BCUT2D eigenvalue weighted by Gasteiger charge is -2.37. The minimum absolute atomic E-state index is 0.310. The second-order valence-electron chi connectivity index (χ2n) is 9.93. The summed E-state index contributed by atoms with van der Waals surface area (Å²) in [5.74, 6) is 0.774. The first-order chi connectivity index (χ1) is 17.3. The third kappa shape index (κ3) is 5.18. The first-order valence-electron chi connectivity index (χ1n) is 12.1. The molecular weight excluding hydrogens is 478 g/mol. The molecule has 1 N–H and O–H groups in total. The van der Waals surface area contributed by atoms with Crippen molar-refractivity contribution < 1.29 is 14.3 Å². The summed E-state index contributed by atoms with van der Waals surface area (Å²) in [6, 6.07) is 13.5. The molecular formula is C27H30ClN5O3. The van der Waals surface area contributed by atoms with Crippen molar-refractivity contribution in [3.05, 3.63) is 76.7 Å². The number of aromatic amines is 1. The third-order valence-corrected chi connectivity index (χ3v) is 6.39. The first-order valence-corrected chi connectivity index (χ1v) is 12.5. The van der Waals surface area contributed by atoms with E-state index in [1.807, 2.05) is 63.2 Å². The summed E-state index contributed by atoms with van der Waals surface area (Å²) in [6.07, 6.45) is 4.52. The molecule has 1 atom stereocenters. The topological polar surface area (TPSA) is 85.3 Å². The van der Waals surface area contributed by atoms with Crippen LogP contribution >= 0.6 is 11.6 Å². The molecule has 36 heavy (non-hydrogen) atoms. The molecule has 1 aliphatic rings. The van der Waals surface area contributed by atoms with Crippen molar-refractivity contribution in [2.24, 2.45) is 0 Å². The summed E-state index contributed by atoms with van der Waals surface area (Å²) in [7, 11) is 0. The summed E-state index contributed by atoms with van der Waals surface area (Å²) in [5, 5.41) is 10.00. The number of carbonyl (C=O) groups is 1. The van der Waals surface area contributed by atoms with Crippen LogP contribution in [0, 0.1) is 0 Å². The van der Waals surface area contributed by atoms with E-state index in [2.05, 4.69) is 15.2 Å². The Morgan fingerprint density at radius 2 is 1.89 bits per heavy atom. The van der Waals surface area contributed by atoms with Gasteiger partial charge >= 0.3 is 6.09 Å². The molecule has 0 unspecified atom stereocenters. The van der Waals surface area contributed by atoms with Crippen molar-refractivity contribution >= 4 is 28.6 Å². The number of benzene rings is 2. The lowest BCUT2D eigenvalue weighted by Crippen LogP contribution is -2.43. The highest BCUT2D eigenvalue weighted by atomic mass is 35.5. The number of rotatable bonds is 6. The van der Waals surface area contributed by atoms with E-state index >= 15 is 0 Å². The van der Waals surface area contributed by atoms with Crippen LogP contribution in [0.5, 0.6) is 5.75 Å². The number of aromatic nitrogens is 4. The van der Waals surface area contributed by atoms with Crippen molar-refractivity contribution in [2.75, 3.05) is 13.2 Å². The van der Waals surface area contributed by atoms with Crippen LogP contribution in [0.25, 0.3) is 10.9 Å². The predicted octanol–water partition coefficient (Wildman–Crippen LogP) is 5.76. The molecule has 1 amide bonds. The Hall–Kier alpha value is -3.52. The van der Waals surface area contributed by atoms with Crippen LogP contribution in [-0.4, -0.2) is 49.7 Å². The van der Waals surface area contributed by atoms with Crippen LogP contribution in [0.4, 0.5) is 4.79 Å². The van der Waals surface area contributed by atoms with E-state index in [-0.39, 0.29) is 12.1 Å². The van der Waals surface area contributed by atoms with Gasteiger partial charge in [0.25, 0.3) is 0 Å². The molecule has 4 aromatic rings. The van der Waals surface area contributed by atoms with Gasteiger partial charge in [0, 0.05) is 34.6 Å². The fraction of sp³-hybridized carbons (Fsp3) is 0.370. The monoisotopic (exact) mass is 507 g/mol. The molecule has 0 aliphatic carbocycles. The van der Waals surface area contributed by atoms with E-state index in [4.69, 9.17) is 21.1 Å². The maximum absolute atomic E-state index is 13.2. The highest BCUT2D eigenvalue weighted by molar-refractivity contribution is 6.31. The Morgan fingerprint density at radius 3 is 2.61 bits per heavy atom. The van der Waals surface area contributed by atoms with Gasteiger partial charge in [-0.05, 0) is 68.7 Å². The van der Waals surface area contributed by atoms with E-state index in [1.165, 1.54) is 5.56 Å².